The van der Waals surface area contributed by atoms with Crippen molar-refractivity contribution in [2.45, 2.75) is 32.7 Å². The van der Waals surface area contributed by atoms with Crippen molar-refractivity contribution >= 4 is 0 Å². The zero-order chi connectivity index (χ0) is 11.5. The smallest absolute Gasteiger partial charge is 0.316 e. The van der Waals surface area contributed by atoms with Crippen molar-refractivity contribution in [2.75, 3.05) is 14.2 Å². The summed E-state index contributed by atoms with van der Waals surface area (Å²) in [4.78, 5) is 8.52. The van der Waals surface area contributed by atoms with Crippen molar-refractivity contribution in [3.05, 3.63) is 17.5 Å². The van der Waals surface area contributed by atoms with Crippen LogP contribution in [0.5, 0.6) is 6.01 Å². The van der Waals surface area contributed by atoms with Gasteiger partial charge in [0, 0.05) is 23.7 Å². The van der Waals surface area contributed by atoms with Crippen LogP contribution in [0.4, 0.5) is 0 Å². The summed E-state index contributed by atoms with van der Waals surface area (Å²) in [7, 11) is 3.50. The minimum atomic E-state index is 0.00238. The number of nitrogens with zero attached hydrogens (tertiary/aromatic N) is 2. The van der Waals surface area contributed by atoms with Crippen LogP contribution in [0.25, 0.3) is 0 Å². The van der Waals surface area contributed by atoms with Gasteiger partial charge in [0.15, 0.2) is 0 Å². The molecule has 0 fully saturated rings. The first-order valence-electron chi connectivity index (χ1n) is 5.04. The largest absolute Gasteiger partial charge is 0.467 e. The Morgan fingerprint density at radius 1 is 1.40 bits per heavy atom. The van der Waals surface area contributed by atoms with E-state index in [2.05, 4.69) is 36.1 Å². The van der Waals surface area contributed by atoms with Crippen molar-refractivity contribution in [1.82, 2.24) is 15.3 Å². The van der Waals surface area contributed by atoms with Crippen LogP contribution >= 0.6 is 0 Å². The van der Waals surface area contributed by atoms with Gasteiger partial charge in [-0.25, -0.2) is 4.98 Å². The predicted octanol–water partition coefficient (Wildman–Crippen LogP) is 1.50. The number of hydrogen-bond donors (Lipinski definition) is 1. The van der Waals surface area contributed by atoms with E-state index in [4.69, 9.17) is 4.74 Å². The van der Waals surface area contributed by atoms with E-state index in [1.54, 1.807) is 7.11 Å². The molecule has 0 unspecified atom stereocenters. The second kappa shape index (κ2) is 4.57. The maximum Gasteiger partial charge on any atom is 0.316 e. The summed E-state index contributed by atoms with van der Waals surface area (Å²) in [6, 6.07) is 0.430. The second-order valence-corrected chi connectivity index (χ2v) is 4.51. The molecule has 0 atom stereocenters. The normalized spacial score (nSPS) is 11.5. The lowest BCUT2D eigenvalue weighted by atomic mass is 9.89. The van der Waals surface area contributed by atoms with Crippen LogP contribution in [0.2, 0.25) is 0 Å². The van der Waals surface area contributed by atoms with Crippen LogP contribution in [0, 0.1) is 0 Å². The van der Waals surface area contributed by atoms with Gasteiger partial charge in [-0.15, -0.1) is 0 Å². The molecule has 4 heteroatoms. The van der Waals surface area contributed by atoms with Crippen LogP contribution in [0.3, 0.4) is 0 Å². The lowest BCUT2D eigenvalue weighted by Crippen LogP contribution is -2.20. The van der Waals surface area contributed by atoms with E-state index in [1.807, 2.05) is 13.2 Å². The molecule has 1 rings (SSSR count). The van der Waals surface area contributed by atoms with Crippen molar-refractivity contribution in [1.29, 1.82) is 0 Å². The Balaban J connectivity index is 3.16. The molecule has 15 heavy (non-hydrogen) atoms. The van der Waals surface area contributed by atoms with Gasteiger partial charge >= 0.3 is 6.01 Å². The third-order valence-corrected chi connectivity index (χ3v) is 2.10. The average Bonchev–Trinajstić information content (AvgIpc) is 2.17. The van der Waals surface area contributed by atoms with Crippen LogP contribution in [0.1, 0.15) is 32.0 Å². The Hall–Kier alpha value is -1.16. The monoisotopic (exact) mass is 209 g/mol. The zero-order valence-corrected chi connectivity index (χ0v) is 10.1. The molecule has 1 aromatic rings. The van der Waals surface area contributed by atoms with E-state index < -0.39 is 0 Å². The SMILES string of the molecule is CNCc1cnc(OC)nc1C(C)(C)C. The molecule has 1 heterocycles. The lowest BCUT2D eigenvalue weighted by Gasteiger charge is -2.21. The number of methoxy groups -OCH3 is 1. The molecule has 0 aromatic carbocycles. The molecule has 0 aliphatic rings. The van der Waals surface area contributed by atoms with Crippen molar-refractivity contribution in [3.63, 3.8) is 0 Å². The molecule has 0 radical (unpaired) electrons. The Bertz CT molecular complexity index is 331. The molecule has 0 saturated carbocycles. The Morgan fingerprint density at radius 2 is 2.07 bits per heavy atom. The summed E-state index contributed by atoms with van der Waals surface area (Å²) in [6.07, 6.45) is 1.82. The van der Waals surface area contributed by atoms with Crippen LogP contribution in [-0.2, 0) is 12.0 Å². The summed E-state index contributed by atoms with van der Waals surface area (Å²) in [5.41, 5.74) is 2.15. The fraction of sp³-hybridized carbons (Fsp3) is 0.636. The summed E-state index contributed by atoms with van der Waals surface area (Å²) >= 11 is 0. The molecule has 0 aliphatic heterocycles. The average molecular weight is 209 g/mol. The van der Waals surface area contributed by atoms with E-state index in [-0.39, 0.29) is 5.41 Å². The van der Waals surface area contributed by atoms with Gasteiger partial charge in [0.25, 0.3) is 0 Å². The Morgan fingerprint density at radius 3 is 2.53 bits per heavy atom. The number of hydrogen-bond acceptors (Lipinski definition) is 4. The summed E-state index contributed by atoms with van der Waals surface area (Å²) in [5.74, 6) is 0. The molecule has 0 saturated heterocycles. The van der Waals surface area contributed by atoms with E-state index in [0.717, 1.165) is 17.8 Å². The molecular weight excluding hydrogens is 190 g/mol. The van der Waals surface area contributed by atoms with Crippen LogP contribution in [0.15, 0.2) is 6.20 Å². The molecule has 0 bridgehead atoms. The van der Waals surface area contributed by atoms with Gasteiger partial charge in [-0.2, -0.15) is 4.98 Å². The second-order valence-electron chi connectivity index (χ2n) is 4.51. The highest BCUT2D eigenvalue weighted by Gasteiger charge is 2.20. The molecule has 84 valence electrons. The quantitative estimate of drug-likeness (QED) is 0.819. The molecule has 0 spiro atoms. The Kier molecular flexibility index (Phi) is 3.63. The number of nitrogens with one attached hydrogen (secondary N) is 1. The number of ether oxygens (including phenoxy) is 1. The molecule has 0 aliphatic carbocycles. The third-order valence-electron chi connectivity index (χ3n) is 2.10. The van der Waals surface area contributed by atoms with E-state index in [9.17, 15) is 0 Å². The first-order valence-corrected chi connectivity index (χ1v) is 5.04. The maximum absolute atomic E-state index is 5.04. The molecule has 0 amide bonds. The highest BCUT2D eigenvalue weighted by atomic mass is 16.5. The van der Waals surface area contributed by atoms with Gasteiger partial charge in [-0.3, -0.25) is 0 Å². The minimum absolute atomic E-state index is 0.00238. The van der Waals surface area contributed by atoms with Gasteiger partial charge < -0.3 is 10.1 Å². The first kappa shape index (κ1) is 11.9. The Labute approximate surface area is 91.1 Å². The predicted molar refractivity (Wildman–Crippen MR) is 60.0 cm³/mol. The van der Waals surface area contributed by atoms with E-state index in [0.29, 0.717) is 6.01 Å². The van der Waals surface area contributed by atoms with Crippen molar-refractivity contribution in [3.8, 4) is 6.01 Å². The lowest BCUT2D eigenvalue weighted by molar-refractivity contribution is 0.372. The molecule has 4 nitrogen and oxygen atoms in total. The summed E-state index contributed by atoms with van der Waals surface area (Å²) in [6.45, 7) is 7.17. The van der Waals surface area contributed by atoms with Crippen LogP contribution < -0.4 is 10.1 Å². The molecule has 1 N–H and O–H groups in total. The van der Waals surface area contributed by atoms with Gasteiger partial charge in [-0.05, 0) is 7.05 Å². The number of aromatic nitrogens is 2. The minimum Gasteiger partial charge on any atom is -0.467 e. The molecule has 1 aromatic heterocycles. The van der Waals surface area contributed by atoms with E-state index in [1.165, 1.54) is 0 Å². The fourth-order valence-corrected chi connectivity index (χ4v) is 1.46. The zero-order valence-electron chi connectivity index (χ0n) is 10.1. The highest BCUT2D eigenvalue weighted by molar-refractivity contribution is 5.25. The molecular formula is C11H19N3O. The van der Waals surface area contributed by atoms with Gasteiger partial charge in [0.1, 0.15) is 0 Å². The van der Waals surface area contributed by atoms with Gasteiger partial charge in [0.2, 0.25) is 0 Å². The maximum atomic E-state index is 5.04. The topological polar surface area (TPSA) is 47.0 Å². The van der Waals surface area contributed by atoms with Gasteiger partial charge in [0.05, 0.1) is 12.8 Å². The highest BCUT2D eigenvalue weighted by Crippen LogP contribution is 2.24. The third kappa shape index (κ3) is 2.89. The number of rotatable bonds is 3. The van der Waals surface area contributed by atoms with Crippen molar-refractivity contribution in [2.24, 2.45) is 0 Å². The standard InChI is InChI=1S/C11H19N3O/c1-11(2,3)9-8(6-12-4)7-13-10(14-9)15-5/h7,12H,6H2,1-5H3. The summed E-state index contributed by atoms with van der Waals surface area (Å²) in [5, 5.41) is 3.11. The fourth-order valence-electron chi connectivity index (χ4n) is 1.46. The first-order chi connectivity index (χ1) is 6.99. The van der Waals surface area contributed by atoms with Crippen molar-refractivity contribution < 1.29 is 4.74 Å². The summed E-state index contributed by atoms with van der Waals surface area (Å²) < 4.78 is 5.04. The van der Waals surface area contributed by atoms with Crippen LogP contribution in [-0.4, -0.2) is 24.1 Å². The van der Waals surface area contributed by atoms with E-state index >= 15 is 0 Å². The van der Waals surface area contributed by atoms with Gasteiger partial charge in [-0.1, -0.05) is 20.8 Å².